The number of fused-ring (bicyclic) bond motifs is 1. The zero-order chi connectivity index (χ0) is 25.8. The van der Waals surface area contributed by atoms with E-state index in [1.165, 1.54) is 0 Å². The number of hydrogen-bond donors (Lipinski definition) is 4. The van der Waals surface area contributed by atoms with Gasteiger partial charge in [0.25, 0.3) is 5.91 Å². The third-order valence-corrected chi connectivity index (χ3v) is 7.44. The van der Waals surface area contributed by atoms with Gasteiger partial charge < -0.3 is 25.2 Å². The predicted molar refractivity (Wildman–Crippen MR) is 146 cm³/mol. The van der Waals surface area contributed by atoms with Crippen LogP contribution in [-0.4, -0.2) is 85.3 Å². The minimum Gasteiger partial charge on any atom is -0.484 e. The molecule has 5 rings (SSSR count). The number of rotatable bonds is 8. The van der Waals surface area contributed by atoms with Crippen molar-refractivity contribution < 1.29 is 9.53 Å². The molecule has 200 valence electrons. The fraction of sp³-hybridized carbons (Fsp3) is 0.593. The molecule has 3 atom stereocenters. The van der Waals surface area contributed by atoms with Crippen LogP contribution in [0.1, 0.15) is 33.1 Å². The van der Waals surface area contributed by atoms with Gasteiger partial charge in [0.05, 0.1) is 0 Å². The smallest absolute Gasteiger partial charge is 0.258 e. The molecular formula is C27H40N8O2. The summed E-state index contributed by atoms with van der Waals surface area (Å²) in [7, 11) is 2.16. The third kappa shape index (κ3) is 6.68. The first-order chi connectivity index (χ1) is 17.9. The average Bonchev–Trinajstić information content (AvgIpc) is 3.35. The van der Waals surface area contributed by atoms with Crippen LogP contribution in [0.25, 0.3) is 11.4 Å². The highest BCUT2D eigenvalue weighted by atomic mass is 16.5. The lowest BCUT2D eigenvalue weighted by atomic mass is 9.83. The molecule has 3 fully saturated rings. The quantitative estimate of drug-likeness (QED) is 0.425. The van der Waals surface area contributed by atoms with Gasteiger partial charge in [-0.3, -0.25) is 15.6 Å². The molecule has 0 bridgehead atoms. The van der Waals surface area contributed by atoms with Gasteiger partial charge in [-0.25, -0.2) is 9.97 Å². The maximum absolute atomic E-state index is 12.0. The van der Waals surface area contributed by atoms with E-state index in [1.807, 2.05) is 38.1 Å². The second-order valence-corrected chi connectivity index (χ2v) is 10.8. The number of benzene rings is 1. The number of likely N-dealkylation sites (N-methyl/N-ethyl adjacent to an activating group) is 1. The number of carbonyl (C=O) groups excluding carboxylic acids is 1. The van der Waals surface area contributed by atoms with Gasteiger partial charge in [-0.15, -0.1) is 0 Å². The van der Waals surface area contributed by atoms with Gasteiger partial charge in [-0.1, -0.05) is 12.1 Å². The summed E-state index contributed by atoms with van der Waals surface area (Å²) in [6, 6.07) is 10.8. The van der Waals surface area contributed by atoms with Crippen molar-refractivity contribution in [3.05, 3.63) is 30.3 Å². The van der Waals surface area contributed by atoms with Gasteiger partial charge in [-0.2, -0.15) is 0 Å². The van der Waals surface area contributed by atoms with Crippen molar-refractivity contribution in [1.82, 2.24) is 31.0 Å². The van der Waals surface area contributed by atoms with Gasteiger partial charge in [0.2, 0.25) is 0 Å². The second-order valence-electron chi connectivity index (χ2n) is 10.8. The van der Waals surface area contributed by atoms with Gasteiger partial charge in [0, 0.05) is 62.5 Å². The Hall–Kier alpha value is -2.95. The Morgan fingerprint density at radius 2 is 2.00 bits per heavy atom. The Bertz CT molecular complexity index is 1070. The molecule has 1 aliphatic carbocycles. The minimum atomic E-state index is -0.136. The maximum Gasteiger partial charge on any atom is 0.258 e. The van der Waals surface area contributed by atoms with Crippen LogP contribution in [0, 0.1) is 5.92 Å². The van der Waals surface area contributed by atoms with Crippen molar-refractivity contribution in [3.63, 3.8) is 0 Å². The number of amides is 1. The molecule has 10 nitrogen and oxygen atoms in total. The van der Waals surface area contributed by atoms with Crippen molar-refractivity contribution in [2.24, 2.45) is 5.92 Å². The van der Waals surface area contributed by atoms with E-state index < -0.39 is 0 Å². The molecule has 1 aromatic heterocycles. The maximum atomic E-state index is 12.0. The average molecular weight is 509 g/mol. The number of nitrogens with one attached hydrogen (secondary N) is 4. The molecule has 2 aliphatic heterocycles. The van der Waals surface area contributed by atoms with E-state index in [9.17, 15) is 4.79 Å². The zero-order valence-electron chi connectivity index (χ0n) is 22.2. The van der Waals surface area contributed by atoms with E-state index in [0.717, 1.165) is 69.2 Å². The largest absolute Gasteiger partial charge is 0.484 e. The number of piperazine rings is 1. The number of nitrogens with zero attached hydrogens (tertiary/aromatic N) is 4. The highest BCUT2D eigenvalue weighted by Gasteiger charge is 2.34. The standard InChI is InChI=1S/C27H40N8O2/c1-18(2)29-26(36)17-37-22-6-4-5-19(14-22)27-31-24(15-25(32-27)35-11-9-34(3)10-12-35)30-21-7-8-23-20(13-21)16-28-33-23/h4-6,14-15,18,20-21,23,28,33H,7-13,16-17H2,1-3H3,(H,29,36)(H,30,31,32). The lowest BCUT2D eigenvalue weighted by Crippen LogP contribution is -2.45. The summed E-state index contributed by atoms with van der Waals surface area (Å²) in [5.74, 6) is 3.60. The molecule has 3 heterocycles. The normalized spacial score (nSPS) is 24.1. The molecule has 0 radical (unpaired) electrons. The number of aromatic nitrogens is 2. The van der Waals surface area contributed by atoms with E-state index in [0.29, 0.717) is 29.6 Å². The monoisotopic (exact) mass is 508 g/mol. The van der Waals surface area contributed by atoms with Crippen LogP contribution in [0.3, 0.4) is 0 Å². The van der Waals surface area contributed by atoms with Gasteiger partial charge >= 0.3 is 0 Å². The Balaban J connectivity index is 1.36. The predicted octanol–water partition coefficient (Wildman–Crippen LogP) is 1.86. The number of carbonyl (C=O) groups is 1. The van der Waals surface area contributed by atoms with Gasteiger partial charge in [0.1, 0.15) is 17.4 Å². The van der Waals surface area contributed by atoms with Crippen LogP contribution >= 0.6 is 0 Å². The molecule has 1 aromatic carbocycles. The molecule has 3 unspecified atom stereocenters. The highest BCUT2D eigenvalue weighted by Crippen LogP contribution is 2.31. The summed E-state index contributed by atoms with van der Waals surface area (Å²) in [4.78, 5) is 26.6. The van der Waals surface area contributed by atoms with Crippen LogP contribution in [0.2, 0.25) is 0 Å². The molecular weight excluding hydrogens is 468 g/mol. The van der Waals surface area contributed by atoms with Crippen LogP contribution < -0.4 is 31.1 Å². The fourth-order valence-electron chi connectivity index (χ4n) is 5.41. The van der Waals surface area contributed by atoms with Crippen molar-refractivity contribution in [2.45, 2.75) is 51.2 Å². The molecule has 3 aliphatic rings. The number of hydrazine groups is 1. The van der Waals surface area contributed by atoms with E-state index in [2.05, 4.69) is 44.4 Å². The summed E-state index contributed by atoms with van der Waals surface area (Å²) in [6.45, 7) is 8.75. The Labute approximate surface area is 219 Å². The van der Waals surface area contributed by atoms with Crippen LogP contribution in [0.4, 0.5) is 11.6 Å². The van der Waals surface area contributed by atoms with Crippen LogP contribution in [0.15, 0.2) is 30.3 Å². The summed E-state index contributed by atoms with van der Waals surface area (Å²) >= 11 is 0. The Morgan fingerprint density at radius 3 is 2.81 bits per heavy atom. The third-order valence-electron chi connectivity index (χ3n) is 7.44. The second kappa shape index (κ2) is 11.6. The summed E-state index contributed by atoms with van der Waals surface area (Å²) in [6.07, 6.45) is 3.39. The molecule has 2 aromatic rings. The van der Waals surface area contributed by atoms with Crippen molar-refractivity contribution in [2.75, 3.05) is 56.6 Å². The van der Waals surface area contributed by atoms with Gasteiger partial charge in [-0.05, 0) is 58.2 Å². The zero-order valence-corrected chi connectivity index (χ0v) is 22.2. The molecule has 2 saturated heterocycles. The SMILES string of the molecule is CC(C)NC(=O)COc1cccc(-c2nc(NC3CCC4NNCC4C3)cc(N3CCN(C)CC3)n2)c1. The molecule has 1 amide bonds. The van der Waals surface area contributed by atoms with Crippen LogP contribution in [-0.2, 0) is 4.79 Å². The fourth-order valence-corrected chi connectivity index (χ4v) is 5.41. The van der Waals surface area contributed by atoms with E-state index >= 15 is 0 Å². The lowest BCUT2D eigenvalue weighted by Gasteiger charge is -2.34. The van der Waals surface area contributed by atoms with Gasteiger partial charge in [0.15, 0.2) is 12.4 Å². The van der Waals surface area contributed by atoms with Crippen molar-refractivity contribution in [1.29, 1.82) is 0 Å². The van der Waals surface area contributed by atoms with E-state index in [-0.39, 0.29) is 18.6 Å². The first kappa shape index (κ1) is 25.7. The number of ether oxygens (including phenoxy) is 1. The number of hydrogen-bond acceptors (Lipinski definition) is 9. The van der Waals surface area contributed by atoms with Crippen LogP contribution in [0.5, 0.6) is 5.75 Å². The molecule has 37 heavy (non-hydrogen) atoms. The molecule has 0 spiro atoms. The molecule has 4 N–H and O–H groups in total. The van der Waals surface area contributed by atoms with Crippen molar-refractivity contribution >= 4 is 17.5 Å². The minimum absolute atomic E-state index is 0.0236. The van der Waals surface area contributed by atoms with E-state index in [4.69, 9.17) is 14.7 Å². The summed E-state index contributed by atoms with van der Waals surface area (Å²) in [5.41, 5.74) is 7.59. The first-order valence-corrected chi connectivity index (χ1v) is 13.5. The van der Waals surface area contributed by atoms with E-state index in [1.54, 1.807) is 0 Å². The lowest BCUT2D eigenvalue weighted by molar-refractivity contribution is -0.123. The number of anilines is 2. The highest BCUT2D eigenvalue weighted by molar-refractivity contribution is 5.77. The Morgan fingerprint density at radius 1 is 1.16 bits per heavy atom. The Kier molecular flexibility index (Phi) is 8.07. The first-order valence-electron chi connectivity index (χ1n) is 13.5. The summed E-state index contributed by atoms with van der Waals surface area (Å²) in [5, 5.41) is 6.59. The molecule has 1 saturated carbocycles. The topological polar surface area (TPSA) is 107 Å². The van der Waals surface area contributed by atoms with Crippen molar-refractivity contribution in [3.8, 4) is 17.1 Å². The molecule has 10 heteroatoms. The summed E-state index contributed by atoms with van der Waals surface area (Å²) < 4.78 is 5.77.